The van der Waals surface area contributed by atoms with Crippen molar-refractivity contribution in [2.75, 3.05) is 13.1 Å². The average Bonchev–Trinajstić information content (AvgIpc) is 2.76. The van der Waals surface area contributed by atoms with Crippen LogP contribution in [-0.2, 0) is 0 Å². The Bertz CT molecular complexity index is 391. The number of aromatic nitrogens is 2. The number of hydrogen-bond acceptors (Lipinski definition) is 2. The third kappa shape index (κ3) is 2.95. The lowest BCUT2D eigenvalue weighted by atomic mass is 10.1. The van der Waals surface area contributed by atoms with E-state index in [1.165, 1.54) is 0 Å². The second kappa shape index (κ2) is 5.72. The summed E-state index contributed by atoms with van der Waals surface area (Å²) in [6.07, 6.45) is 5.46. The van der Waals surface area contributed by atoms with Crippen LogP contribution in [0.1, 0.15) is 36.8 Å². The number of rotatable bonds is 2. The van der Waals surface area contributed by atoms with Crippen molar-refractivity contribution in [1.29, 1.82) is 0 Å². The van der Waals surface area contributed by atoms with Gasteiger partial charge in [0.05, 0.1) is 18.2 Å². The van der Waals surface area contributed by atoms with Gasteiger partial charge in [-0.3, -0.25) is 4.68 Å². The summed E-state index contributed by atoms with van der Waals surface area (Å²) < 4.78 is 27.6. The molecule has 1 N–H and O–H groups in total. The van der Waals surface area contributed by atoms with E-state index in [1.54, 1.807) is 6.20 Å². The zero-order valence-electron chi connectivity index (χ0n) is 9.81. The Morgan fingerprint density at radius 2 is 1.89 bits per heavy atom. The molecular weight excluding hydrogens is 283 g/mol. The molecule has 7 heteroatoms. The van der Waals surface area contributed by atoms with Crippen LogP contribution in [0, 0.1) is 0 Å². The summed E-state index contributed by atoms with van der Waals surface area (Å²) in [4.78, 5) is 0. The molecule has 1 saturated heterocycles. The number of nitrogens with zero attached hydrogens (tertiary/aromatic N) is 2. The lowest BCUT2D eigenvalue weighted by Gasteiger charge is -2.22. The second-order valence-corrected chi connectivity index (χ2v) is 4.75. The number of halogens is 4. The van der Waals surface area contributed by atoms with Crippen molar-refractivity contribution in [2.24, 2.45) is 0 Å². The van der Waals surface area contributed by atoms with Crippen LogP contribution in [0.2, 0.25) is 0 Å². The molecule has 0 radical (unpaired) electrons. The lowest BCUT2D eigenvalue weighted by molar-refractivity contribution is 0.112. The molecule has 0 spiro atoms. The highest BCUT2D eigenvalue weighted by Gasteiger charge is 2.58. The normalized spacial score (nSPS) is 26.0. The molecule has 2 heterocycles. The van der Waals surface area contributed by atoms with Gasteiger partial charge in [-0.25, -0.2) is 8.78 Å². The van der Waals surface area contributed by atoms with Crippen molar-refractivity contribution < 1.29 is 8.78 Å². The van der Waals surface area contributed by atoms with Gasteiger partial charge in [0.1, 0.15) is 0 Å². The van der Waals surface area contributed by atoms with E-state index in [9.17, 15) is 8.78 Å². The first kappa shape index (κ1) is 15.7. The van der Waals surface area contributed by atoms with E-state index < -0.39 is 11.8 Å². The van der Waals surface area contributed by atoms with Crippen LogP contribution in [-0.4, -0.2) is 28.8 Å². The molecular formula is C11H17Cl2F2N3. The van der Waals surface area contributed by atoms with E-state index in [1.807, 2.05) is 10.9 Å². The van der Waals surface area contributed by atoms with Crippen LogP contribution in [0.4, 0.5) is 8.78 Å². The van der Waals surface area contributed by atoms with E-state index >= 15 is 0 Å². The smallest absolute Gasteiger partial charge is 0.256 e. The molecule has 3 nitrogen and oxygen atoms in total. The van der Waals surface area contributed by atoms with E-state index in [4.69, 9.17) is 0 Å². The van der Waals surface area contributed by atoms with Gasteiger partial charge >= 0.3 is 0 Å². The molecule has 1 saturated carbocycles. The van der Waals surface area contributed by atoms with Crippen molar-refractivity contribution in [3.63, 3.8) is 0 Å². The average molecular weight is 300 g/mol. The van der Waals surface area contributed by atoms with E-state index in [0.29, 0.717) is 11.6 Å². The minimum absolute atomic E-state index is 0. The fourth-order valence-corrected chi connectivity index (χ4v) is 2.38. The maximum Gasteiger partial charge on any atom is 0.256 e. The Morgan fingerprint density at radius 1 is 1.28 bits per heavy atom. The Balaban J connectivity index is 0.000000810. The van der Waals surface area contributed by atoms with Gasteiger partial charge in [0.25, 0.3) is 5.92 Å². The standard InChI is InChI=1S/C11H15F2N3.2ClH/c12-11(13)5-10(11)8-6-15-16(7-8)9-1-3-14-4-2-9;;/h6-7,9-10,14H,1-5H2;2*1H. The van der Waals surface area contributed by atoms with Crippen LogP contribution in [0.15, 0.2) is 12.4 Å². The molecule has 1 unspecified atom stereocenters. The molecule has 2 aliphatic rings. The maximum atomic E-state index is 12.9. The van der Waals surface area contributed by atoms with E-state index in [2.05, 4.69) is 10.4 Å². The number of nitrogens with one attached hydrogen (secondary N) is 1. The summed E-state index contributed by atoms with van der Waals surface area (Å²) in [5.74, 6) is -3.06. The van der Waals surface area contributed by atoms with Crippen LogP contribution in [0.25, 0.3) is 0 Å². The van der Waals surface area contributed by atoms with Crippen molar-refractivity contribution in [3.05, 3.63) is 18.0 Å². The van der Waals surface area contributed by atoms with Gasteiger partial charge in [0, 0.05) is 12.6 Å². The van der Waals surface area contributed by atoms with Crippen molar-refractivity contribution >= 4 is 24.8 Å². The first-order chi connectivity index (χ1) is 7.67. The predicted molar refractivity (Wildman–Crippen MR) is 70.2 cm³/mol. The second-order valence-electron chi connectivity index (χ2n) is 4.75. The van der Waals surface area contributed by atoms with Crippen LogP contribution in [0.5, 0.6) is 0 Å². The van der Waals surface area contributed by atoms with Crippen molar-refractivity contribution in [2.45, 2.75) is 37.1 Å². The lowest BCUT2D eigenvalue weighted by Crippen LogP contribution is -2.29. The minimum Gasteiger partial charge on any atom is -0.317 e. The van der Waals surface area contributed by atoms with Gasteiger partial charge in [-0.15, -0.1) is 24.8 Å². The molecule has 0 aromatic carbocycles. The molecule has 0 amide bonds. The number of alkyl halides is 2. The summed E-state index contributed by atoms with van der Waals surface area (Å²) in [6.45, 7) is 1.97. The summed E-state index contributed by atoms with van der Waals surface area (Å²) in [5, 5.41) is 7.50. The Hall–Kier alpha value is -0.390. The molecule has 1 atom stereocenters. The van der Waals surface area contributed by atoms with Gasteiger partial charge in [-0.2, -0.15) is 5.10 Å². The van der Waals surface area contributed by atoms with Gasteiger partial charge in [0.2, 0.25) is 0 Å². The summed E-state index contributed by atoms with van der Waals surface area (Å²) in [7, 11) is 0. The van der Waals surface area contributed by atoms with Crippen molar-refractivity contribution in [1.82, 2.24) is 15.1 Å². The minimum atomic E-state index is -2.48. The van der Waals surface area contributed by atoms with E-state index in [-0.39, 0.29) is 31.2 Å². The molecule has 3 rings (SSSR count). The first-order valence-electron chi connectivity index (χ1n) is 5.79. The fraction of sp³-hybridized carbons (Fsp3) is 0.727. The zero-order valence-corrected chi connectivity index (χ0v) is 11.4. The van der Waals surface area contributed by atoms with Gasteiger partial charge in [0.15, 0.2) is 0 Å². The topological polar surface area (TPSA) is 29.9 Å². The largest absolute Gasteiger partial charge is 0.317 e. The monoisotopic (exact) mass is 299 g/mol. The fourth-order valence-electron chi connectivity index (χ4n) is 2.38. The predicted octanol–water partition coefficient (Wildman–Crippen LogP) is 2.77. The van der Waals surface area contributed by atoms with Gasteiger partial charge in [-0.1, -0.05) is 0 Å². The number of piperidine rings is 1. The first-order valence-corrected chi connectivity index (χ1v) is 5.79. The van der Waals surface area contributed by atoms with Crippen LogP contribution in [0.3, 0.4) is 0 Å². The highest BCUT2D eigenvalue weighted by Crippen LogP contribution is 2.55. The Labute approximate surface area is 117 Å². The maximum absolute atomic E-state index is 12.9. The molecule has 1 aromatic rings. The highest BCUT2D eigenvalue weighted by atomic mass is 35.5. The van der Waals surface area contributed by atoms with Gasteiger partial charge < -0.3 is 5.32 Å². The zero-order chi connectivity index (χ0) is 11.2. The molecule has 0 bridgehead atoms. The Morgan fingerprint density at radius 3 is 2.44 bits per heavy atom. The molecule has 104 valence electrons. The van der Waals surface area contributed by atoms with Crippen molar-refractivity contribution in [3.8, 4) is 0 Å². The molecule has 1 aliphatic heterocycles. The molecule has 18 heavy (non-hydrogen) atoms. The van der Waals surface area contributed by atoms with Gasteiger partial charge in [-0.05, 0) is 31.5 Å². The van der Waals surface area contributed by atoms with E-state index in [0.717, 1.165) is 25.9 Å². The third-order valence-electron chi connectivity index (χ3n) is 3.53. The Kier molecular flexibility index (Phi) is 4.98. The summed E-state index contributed by atoms with van der Waals surface area (Å²) in [5.41, 5.74) is 0.698. The van der Waals surface area contributed by atoms with Crippen LogP contribution >= 0.6 is 24.8 Å². The third-order valence-corrected chi connectivity index (χ3v) is 3.53. The summed E-state index contributed by atoms with van der Waals surface area (Å²) >= 11 is 0. The number of hydrogen-bond donors (Lipinski definition) is 1. The highest BCUT2D eigenvalue weighted by molar-refractivity contribution is 5.85. The molecule has 1 aromatic heterocycles. The quantitative estimate of drug-likeness (QED) is 0.910. The molecule has 1 aliphatic carbocycles. The SMILES string of the molecule is Cl.Cl.FC1(F)CC1c1cnn(C2CCNCC2)c1. The van der Waals surface area contributed by atoms with Crippen LogP contribution < -0.4 is 5.32 Å². The molecule has 2 fully saturated rings. The summed E-state index contributed by atoms with van der Waals surface area (Å²) in [6, 6.07) is 0.377.